The van der Waals surface area contributed by atoms with Gasteiger partial charge < -0.3 is 0 Å². The van der Waals surface area contributed by atoms with Gasteiger partial charge in [0.1, 0.15) is 0 Å². The molecular weight excluding hydrogens is 280 g/mol. The van der Waals surface area contributed by atoms with E-state index in [9.17, 15) is 0 Å². The molecule has 1 aliphatic carbocycles. The minimum absolute atomic E-state index is 0.380. The molecule has 23 heavy (non-hydrogen) atoms. The van der Waals surface area contributed by atoms with Crippen LogP contribution in [0.1, 0.15) is 36.4 Å². The first-order valence-electron chi connectivity index (χ1n) is 8.45. The van der Waals surface area contributed by atoms with Crippen molar-refractivity contribution in [2.24, 2.45) is 11.0 Å². The number of fused-ring (bicyclic) bond motifs is 1. The molecule has 1 heterocycles. The molecule has 2 aromatic carbocycles. The highest BCUT2D eigenvalue weighted by molar-refractivity contribution is 6.07. The molecule has 0 amide bonds. The Hall–Kier alpha value is -2.35. The molecule has 1 fully saturated rings. The number of benzene rings is 2. The quantitative estimate of drug-likeness (QED) is 0.769. The van der Waals surface area contributed by atoms with Crippen LogP contribution in [0.2, 0.25) is 0 Å². The van der Waals surface area contributed by atoms with Gasteiger partial charge in [-0.25, -0.2) is 0 Å². The first-order chi connectivity index (χ1) is 11.3. The van der Waals surface area contributed by atoms with Crippen LogP contribution in [0.25, 0.3) is 6.08 Å². The Kier molecular flexibility index (Phi) is 3.74. The van der Waals surface area contributed by atoms with Gasteiger partial charge in [-0.1, -0.05) is 60.7 Å². The van der Waals surface area contributed by atoms with Crippen molar-refractivity contribution in [3.05, 3.63) is 77.4 Å². The zero-order valence-electron chi connectivity index (χ0n) is 13.5. The molecule has 1 saturated carbocycles. The summed E-state index contributed by atoms with van der Waals surface area (Å²) < 4.78 is 0. The second kappa shape index (κ2) is 6.04. The van der Waals surface area contributed by atoms with E-state index in [-0.39, 0.29) is 0 Å². The molecule has 2 aromatic rings. The first kappa shape index (κ1) is 14.3. The molecule has 0 saturated heterocycles. The van der Waals surface area contributed by atoms with Crippen molar-refractivity contribution in [2.75, 3.05) is 7.05 Å². The molecular formula is C21H22N2. The fourth-order valence-corrected chi connectivity index (χ4v) is 3.95. The number of hydrogen-bond donors (Lipinski definition) is 0. The Morgan fingerprint density at radius 2 is 1.70 bits per heavy atom. The van der Waals surface area contributed by atoms with Gasteiger partial charge in [-0.3, -0.25) is 5.01 Å². The van der Waals surface area contributed by atoms with Crippen LogP contribution in [0.3, 0.4) is 0 Å². The molecule has 0 bridgehead atoms. The van der Waals surface area contributed by atoms with E-state index in [0.717, 1.165) is 6.42 Å². The Bertz CT molecular complexity index is 731. The maximum atomic E-state index is 4.93. The summed E-state index contributed by atoms with van der Waals surface area (Å²) in [5.74, 6) is 0.520. The van der Waals surface area contributed by atoms with Gasteiger partial charge in [-0.05, 0) is 42.0 Å². The van der Waals surface area contributed by atoms with Gasteiger partial charge in [-0.15, -0.1) is 0 Å². The predicted molar refractivity (Wildman–Crippen MR) is 96.1 cm³/mol. The molecule has 2 heteroatoms. The molecule has 2 atom stereocenters. The normalized spacial score (nSPS) is 25.3. The third kappa shape index (κ3) is 2.70. The summed E-state index contributed by atoms with van der Waals surface area (Å²) >= 11 is 0. The fraction of sp³-hybridized carbons (Fsp3) is 0.286. The standard InChI is InChI=1S/C21H22N2/c1-23-21(17-11-6-3-7-12-17)19-14-8-13-18(20(19)22-23)15-16-9-4-2-5-10-16/h2-7,9-12,15,19,21H,8,13-14H2,1H3/b18-15-/t19-,21+/m1/s1. The van der Waals surface area contributed by atoms with Gasteiger partial charge >= 0.3 is 0 Å². The van der Waals surface area contributed by atoms with Crippen LogP contribution in [0, 0.1) is 5.92 Å². The van der Waals surface area contributed by atoms with Gasteiger partial charge in [0.15, 0.2) is 0 Å². The van der Waals surface area contributed by atoms with Crippen LogP contribution in [-0.4, -0.2) is 17.8 Å². The number of allylic oxidation sites excluding steroid dienone is 1. The highest BCUT2D eigenvalue weighted by Gasteiger charge is 2.39. The maximum absolute atomic E-state index is 4.93. The highest BCUT2D eigenvalue weighted by Crippen LogP contribution is 2.43. The lowest BCUT2D eigenvalue weighted by atomic mass is 9.77. The Morgan fingerprint density at radius 3 is 2.43 bits per heavy atom. The first-order valence-corrected chi connectivity index (χ1v) is 8.45. The number of hydrazone groups is 1. The average molecular weight is 302 g/mol. The van der Waals surface area contributed by atoms with Gasteiger partial charge in [0.05, 0.1) is 11.8 Å². The van der Waals surface area contributed by atoms with E-state index in [1.165, 1.54) is 35.3 Å². The summed E-state index contributed by atoms with van der Waals surface area (Å²) in [6, 6.07) is 21.8. The number of nitrogens with zero attached hydrogens (tertiary/aromatic N) is 2. The van der Waals surface area contributed by atoms with Crippen molar-refractivity contribution in [1.82, 2.24) is 5.01 Å². The molecule has 0 unspecified atom stereocenters. The Balaban J connectivity index is 1.68. The SMILES string of the molecule is CN1N=C2/C(=C\c3ccccc3)CCC[C@H]2[C@@H]1c1ccccc1. The summed E-state index contributed by atoms with van der Waals surface area (Å²) in [7, 11) is 2.11. The summed E-state index contributed by atoms with van der Waals surface area (Å²) in [6.45, 7) is 0. The van der Waals surface area contributed by atoms with E-state index in [1.54, 1.807) is 0 Å². The second-order valence-corrected chi connectivity index (χ2v) is 6.49. The molecule has 0 N–H and O–H groups in total. The molecule has 4 rings (SSSR count). The smallest absolute Gasteiger partial charge is 0.0801 e. The highest BCUT2D eigenvalue weighted by atomic mass is 15.5. The van der Waals surface area contributed by atoms with Gasteiger partial charge in [-0.2, -0.15) is 5.10 Å². The van der Waals surface area contributed by atoms with Crippen LogP contribution in [0.4, 0.5) is 0 Å². The number of hydrogen-bond acceptors (Lipinski definition) is 2. The van der Waals surface area contributed by atoms with E-state index in [2.05, 4.69) is 78.8 Å². The zero-order valence-corrected chi connectivity index (χ0v) is 13.5. The Morgan fingerprint density at radius 1 is 1.00 bits per heavy atom. The van der Waals surface area contributed by atoms with Crippen LogP contribution in [0.15, 0.2) is 71.3 Å². The summed E-state index contributed by atoms with van der Waals surface area (Å²) in [6.07, 6.45) is 5.94. The third-order valence-corrected chi connectivity index (χ3v) is 4.97. The van der Waals surface area contributed by atoms with E-state index in [1.807, 2.05) is 0 Å². The largest absolute Gasteiger partial charge is 0.292 e. The molecule has 116 valence electrons. The van der Waals surface area contributed by atoms with Crippen molar-refractivity contribution >= 4 is 11.8 Å². The molecule has 0 radical (unpaired) electrons. The lowest BCUT2D eigenvalue weighted by molar-refractivity contribution is 0.241. The Labute approximate surface area is 138 Å². The fourth-order valence-electron chi connectivity index (χ4n) is 3.95. The van der Waals surface area contributed by atoms with Crippen LogP contribution in [-0.2, 0) is 0 Å². The molecule has 0 spiro atoms. The van der Waals surface area contributed by atoms with Gasteiger partial charge in [0, 0.05) is 13.0 Å². The molecule has 1 aliphatic heterocycles. The van der Waals surface area contributed by atoms with E-state index in [0.29, 0.717) is 12.0 Å². The lowest BCUT2D eigenvalue weighted by Gasteiger charge is -2.28. The second-order valence-electron chi connectivity index (χ2n) is 6.49. The van der Waals surface area contributed by atoms with Crippen molar-refractivity contribution in [3.63, 3.8) is 0 Å². The minimum atomic E-state index is 0.380. The average Bonchev–Trinajstić information content (AvgIpc) is 2.94. The van der Waals surface area contributed by atoms with Gasteiger partial charge in [0.2, 0.25) is 0 Å². The van der Waals surface area contributed by atoms with Crippen LogP contribution in [0.5, 0.6) is 0 Å². The maximum Gasteiger partial charge on any atom is 0.0801 e. The van der Waals surface area contributed by atoms with Gasteiger partial charge in [0.25, 0.3) is 0 Å². The summed E-state index contributed by atoms with van der Waals surface area (Å²) in [4.78, 5) is 0. The van der Waals surface area contributed by atoms with Crippen molar-refractivity contribution in [2.45, 2.75) is 25.3 Å². The van der Waals surface area contributed by atoms with Crippen molar-refractivity contribution in [3.8, 4) is 0 Å². The molecule has 2 aliphatic rings. The molecule has 0 aromatic heterocycles. The summed E-state index contributed by atoms with van der Waals surface area (Å²) in [5.41, 5.74) is 5.37. The van der Waals surface area contributed by atoms with Crippen LogP contribution < -0.4 is 0 Å². The topological polar surface area (TPSA) is 15.6 Å². The van der Waals surface area contributed by atoms with Crippen molar-refractivity contribution < 1.29 is 0 Å². The van der Waals surface area contributed by atoms with E-state index < -0.39 is 0 Å². The van der Waals surface area contributed by atoms with E-state index in [4.69, 9.17) is 5.10 Å². The lowest BCUT2D eigenvalue weighted by Crippen LogP contribution is -2.26. The number of rotatable bonds is 2. The minimum Gasteiger partial charge on any atom is -0.292 e. The zero-order chi connectivity index (χ0) is 15.6. The van der Waals surface area contributed by atoms with Crippen LogP contribution >= 0.6 is 0 Å². The summed E-state index contributed by atoms with van der Waals surface area (Å²) in [5, 5.41) is 7.09. The third-order valence-electron chi connectivity index (χ3n) is 4.97. The predicted octanol–water partition coefficient (Wildman–Crippen LogP) is 4.91. The van der Waals surface area contributed by atoms with E-state index >= 15 is 0 Å². The monoisotopic (exact) mass is 302 g/mol. The molecule has 2 nitrogen and oxygen atoms in total. The van der Waals surface area contributed by atoms with Crippen molar-refractivity contribution in [1.29, 1.82) is 0 Å².